The molecule has 2 fully saturated rings. The maximum atomic E-state index is 13.2. The van der Waals surface area contributed by atoms with Crippen molar-refractivity contribution in [2.24, 2.45) is 11.8 Å². The van der Waals surface area contributed by atoms with Gasteiger partial charge in [0.15, 0.2) is 0 Å². The van der Waals surface area contributed by atoms with Gasteiger partial charge in [0.05, 0.1) is 24.6 Å². The Hall–Kier alpha value is -3.07. The lowest BCUT2D eigenvalue weighted by Gasteiger charge is -2.33. The van der Waals surface area contributed by atoms with Gasteiger partial charge in [-0.1, -0.05) is 29.8 Å². The first-order chi connectivity index (χ1) is 16.9. The van der Waals surface area contributed by atoms with E-state index < -0.39 is 5.60 Å². The minimum absolute atomic E-state index is 0.00361. The van der Waals surface area contributed by atoms with Crippen LogP contribution >= 0.6 is 11.6 Å². The van der Waals surface area contributed by atoms with Crippen LogP contribution in [0, 0.1) is 11.8 Å². The Morgan fingerprint density at radius 3 is 2.36 bits per heavy atom. The number of benzene rings is 1. The molecule has 4 rings (SSSR count). The normalized spacial score (nSPS) is 21.3. The van der Waals surface area contributed by atoms with Crippen LogP contribution in [-0.2, 0) is 16.1 Å². The van der Waals surface area contributed by atoms with Crippen molar-refractivity contribution < 1.29 is 19.1 Å². The summed E-state index contributed by atoms with van der Waals surface area (Å²) >= 11 is 6.41. The molecule has 3 atom stereocenters. The van der Waals surface area contributed by atoms with Crippen molar-refractivity contribution in [1.82, 2.24) is 19.6 Å². The molecule has 3 amide bonds. The molecule has 0 spiro atoms. The zero-order valence-corrected chi connectivity index (χ0v) is 22.2. The average molecular weight is 516 g/mol. The summed E-state index contributed by atoms with van der Waals surface area (Å²) in [7, 11) is 1.65. The van der Waals surface area contributed by atoms with Gasteiger partial charge in [-0.3, -0.25) is 4.79 Å². The Morgan fingerprint density at radius 1 is 1.14 bits per heavy atom. The van der Waals surface area contributed by atoms with E-state index in [0.717, 1.165) is 18.4 Å². The Morgan fingerprint density at radius 2 is 1.78 bits per heavy atom. The van der Waals surface area contributed by atoms with Crippen molar-refractivity contribution in [1.29, 1.82) is 0 Å². The maximum Gasteiger partial charge on any atom is 0.410 e. The first kappa shape index (κ1) is 26.0. The van der Waals surface area contributed by atoms with E-state index in [1.54, 1.807) is 18.1 Å². The molecule has 0 N–H and O–H groups in total. The lowest BCUT2D eigenvalue weighted by molar-refractivity contribution is -0.116. The first-order valence-electron chi connectivity index (χ1n) is 12.2. The summed E-state index contributed by atoms with van der Waals surface area (Å²) in [5.74, 6) is 0.435. The van der Waals surface area contributed by atoms with Gasteiger partial charge in [-0.25, -0.2) is 9.59 Å². The highest BCUT2D eigenvalue weighted by molar-refractivity contribution is 6.31. The number of ether oxygens (including phenoxy) is 1. The van der Waals surface area contributed by atoms with E-state index in [9.17, 15) is 14.4 Å². The van der Waals surface area contributed by atoms with Crippen LogP contribution in [0.25, 0.3) is 0 Å². The second kappa shape index (κ2) is 10.1. The second-order valence-electron chi connectivity index (χ2n) is 10.8. The van der Waals surface area contributed by atoms with Crippen molar-refractivity contribution >= 4 is 35.3 Å². The molecule has 10 heteroatoms. The molecule has 2 aromatic rings. The third kappa shape index (κ3) is 5.67. The van der Waals surface area contributed by atoms with Crippen molar-refractivity contribution in [3.8, 4) is 0 Å². The zero-order chi connectivity index (χ0) is 26.2. The van der Waals surface area contributed by atoms with E-state index in [2.05, 4.69) is 5.10 Å². The smallest absolute Gasteiger partial charge is 0.410 e. The van der Waals surface area contributed by atoms with E-state index in [-0.39, 0.29) is 35.9 Å². The van der Waals surface area contributed by atoms with Gasteiger partial charge in [0, 0.05) is 38.1 Å². The summed E-state index contributed by atoms with van der Waals surface area (Å²) in [4.78, 5) is 42.9. The first-order valence-corrected chi connectivity index (χ1v) is 12.6. The van der Waals surface area contributed by atoms with Crippen LogP contribution in [0.1, 0.15) is 46.1 Å². The number of anilines is 1. The van der Waals surface area contributed by atoms with E-state index in [1.807, 2.05) is 49.9 Å². The van der Waals surface area contributed by atoms with Crippen LogP contribution in [0.5, 0.6) is 0 Å². The quantitative estimate of drug-likeness (QED) is 0.592. The fourth-order valence-corrected chi connectivity index (χ4v) is 5.27. The van der Waals surface area contributed by atoms with Crippen LogP contribution in [0.4, 0.5) is 15.3 Å². The molecule has 1 aromatic carbocycles. The highest BCUT2D eigenvalue weighted by Crippen LogP contribution is 2.41. The Kier molecular flexibility index (Phi) is 7.31. The maximum absolute atomic E-state index is 13.2. The van der Waals surface area contributed by atoms with Gasteiger partial charge in [0.1, 0.15) is 5.60 Å². The molecule has 1 unspecified atom stereocenters. The van der Waals surface area contributed by atoms with Gasteiger partial charge in [-0.15, -0.1) is 0 Å². The Labute approximate surface area is 216 Å². The van der Waals surface area contributed by atoms with E-state index in [0.29, 0.717) is 30.3 Å². The summed E-state index contributed by atoms with van der Waals surface area (Å²) in [5, 5.41) is 4.78. The number of nitrogens with zero attached hydrogens (tertiary/aromatic N) is 5. The molecule has 9 nitrogen and oxygen atoms in total. The number of likely N-dealkylation sites (tertiary alicyclic amines) is 1. The fraction of sp³-hybridized carbons (Fsp3) is 0.538. The van der Waals surface area contributed by atoms with E-state index >= 15 is 0 Å². The van der Waals surface area contributed by atoms with E-state index in [4.69, 9.17) is 16.3 Å². The molecule has 0 radical (unpaired) electrons. The van der Waals surface area contributed by atoms with Gasteiger partial charge >= 0.3 is 12.1 Å². The number of carbonyl (C=O) groups is 3. The molecule has 2 aliphatic rings. The van der Waals surface area contributed by atoms with Crippen molar-refractivity contribution in [2.45, 2.75) is 58.7 Å². The summed E-state index contributed by atoms with van der Waals surface area (Å²) in [5.41, 5.74) is 0.846. The van der Waals surface area contributed by atoms with Crippen LogP contribution in [0.3, 0.4) is 0 Å². The van der Waals surface area contributed by atoms with Gasteiger partial charge in [-0.05, 0) is 57.1 Å². The van der Waals surface area contributed by atoms with Gasteiger partial charge in [-0.2, -0.15) is 9.78 Å². The van der Waals surface area contributed by atoms with Crippen molar-refractivity contribution in [2.75, 3.05) is 25.0 Å². The molecule has 1 aliphatic carbocycles. The van der Waals surface area contributed by atoms with Crippen LogP contribution in [0.2, 0.25) is 5.02 Å². The predicted octanol–water partition coefficient (Wildman–Crippen LogP) is 4.64. The molecular formula is C26H34ClN5O4. The lowest BCUT2D eigenvalue weighted by atomic mass is 10.0. The molecule has 0 bridgehead atoms. The molecule has 194 valence electrons. The summed E-state index contributed by atoms with van der Waals surface area (Å²) in [6.07, 6.45) is 4.32. The number of rotatable bonds is 4. The molecule has 1 saturated heterocycles. The van der Waals surface area contributed by atoms with Gasteiger partial charge < -0.3 is 19.4 Å². The number of fused-ring (bicyclic) bond motifs is 1. The largest absolute Gasteiger partial charge is 0.444 e. The summed E-state index contributed by atoms with van der Waals surface area (Å²) in [6, 6.07) is 7.34. The van der Waals surface area contributed by atoms with Gasteiger partial charge in [0.25, 0.3) is 0 Å². The lowest BCUT2D eigenvalue weighted by Crippen LogP contribution is -2.43. The van der Waals surface area contributed by atoms with Gasteiger partial charge in [0.2, 0.25) is 5.91 Å². The minimum atomic E-state index is -0.605. The summed E-state index contributed by atoms with van der Waals surface area (Å²) < 4.78 is 7.03. The number of hydrogen-bond donors (Lipinski definition) is 0. The Bertz CT molecular complexity index is 1130. The zero-order valence-electron chi connectivity index (χ0n) is 21.5. The predicted molar refractivity (Wildman–Crippen MR) is 137 cm³/mol. The number of carbonyl (C=O) groups excluding carboxylic acids is 3. The third-order valence-corrected chi connectivity index (χ3v) is 7.36. The average Bonchev–Trinajstić information content (AvgIpc) is 3.51. The van der Waals surface area contributed by atoms with E-state index in [1.165, 1.54) is 22.7 Å². The molecule has 1 saturated carbocycles. The monoisotopic (exact) mass is 515 g/mol. The second-order valence-corrected chi connectivity index (χ2v) is 11.2. The molecular weight excluding hydrogens is 482 g/mol. The number of amides is 3. The SMILES string of the molecule is CC(=O)N(C)c1cnn(C(=O)N2C[C@H]3CC(N(Cc4ccccc4Cl)C(=O)OC(C)(C)C)C[C@H]3C2)c1. The number of aromatic nitrogens is 2. The van der Waals surface area contributed by atoms with Crippen LogP contribution in [0.15, 0.2) is 36.7 Å². The van der Waals surface area contributed by atoms with Crippen LogP contribution < -0.4 is 4.90 Å². The molecule has 1 aliphatic heterocycles. The van der Waals surface area contributed by atoms with Crippen molar-refractivity contribution in [3.05, 3.63) is 47.2 Å². The Balaban J connectivity index is 1.44. The minimum Gasteiger partial charge on any atom is -0.444 e. The highest BCUT2D eigenvalue weighted by atomic mass is 35.5. The third-order valence-electron chi connectivity index (χ3n) is 6.99. The van der Waals surface area contributed by atoms with Crippen LogP contribution in [-0.4, -0.2) is 69.4 Å². The standard InChI is InChI=1S/C26H34ClN5O4/c1-17(33)29(5)22-12-28-32(16-22)24(34)30-13-19-10-21(11-20(19)14-30)31(25(35)36-26(2,3)4)15-18-8-6-7-9-23(18)27/h6-9,12,16,19-21H,10-11,13-15H2,1-5H3/t19-,20+,21?. The molecule has 1 aromatic heterocycles. The van der Waals surface area contributed by atoms with Crippen molar-refractivity contribution in [3.63, 3.8) is 0 Å². The molecule has 2 heterocycles. The highest BCUT2D eigenvalue weighted by Gasteiger charge is 2.46. The number of halogens is 1. The molecule has 36 heavy (non-hydrogen) atoms. The summed E-state index contributed by atoms with van der Waals surface area (Å²) in [6.45, 7) is 8.63. The number of hydrogen-bond acceptors (Lipinski definition) is 5. The topological polar surface area (TPSA) is 88.0 Å². The fourth-order valence-electron chi connectivity index (χ4n) is 5.07.